The van der Waals surface area contributed by atoms with Gasteiger partial charge in [0.05, 0.1) is 12.2 Å². The minimum absolute atomic E-state index is 0.246. The molecule has 4 nitrogen and oxygen atoms in total. The zero-order chi connectivity index (χ0) is 15.8. The second-order valence-corrected chi connectivity index (χ2v) is 5.87. The van der Waals surface area contributed by atoms with Crippen molar-refractivity contribution >= 4 is 17.9 Å². The molecule has 4 heteroatoms. The molecule has 0 amide bonds. The monoisotopic (exact) mass is 303 g/mol. The lowest BCUT2D eigenvalue weighted by Gasteiger charge is -2.33. The quantitative estimate of drug-likeness (QED) is 0.440. The third kappa shape index (κ3) is 4.58. The third-order valence-corrected chi connectivity index (χ3v) is 4.24. The SMILES string of the molecule is CCCCOC(=O)c1ccc(N2CCC(CC=O)CC2)cc1. The van der Waals surface area contributed by atoms with Crippen molar-refractivity contribution in [1.29, 1.82) is 0 Å². The summed E-state index contributed by atoms with van der Waals surface area (Å²) in [6.45, 7) is 4.50. The van der Waals surface area contributed by atoms with E-state index in [9.17, 15) is 9.59 Å². The molecule has 0 saturated carbocycles. The highest BCUT2D eigenvalue weighted by Gasteiger charge is 2.19. The van der Waals surface area contributed by atoms with Crippen molar-refractivity contribution in [1.82, 2.24) is 0 Å². The Hall–Kier alpha value is -1.84. The van der Waals surface area contributed by atoms with Gasteiger partial charge in [-0.3, -0.25) is 0 Å². The van der Waals surface area contributed by atoms with Crippen LogP contribution in [0.15, 0.2) is 24.3 Å². The Kier molecular flexibility index (Phi) is 6.44. The van der Waals surface area contributed by atoms with Crippen molar-refractivity contribution in [2.45, 2.75) is 39.0 Å². The van der Waals surface area contributed by atoms with Crippen LogP contribution in [0, 0.1) is 5.92 Å². The molecule has 1 aromatic rings. The number of hydrogen-bond acceptors (Lipinski definition) is 4. The maximum atomic E-state index is 11.9. The van der Waals surface area contributed by atoms with Crippen molar-refractivity contribution < 1.29 is 14.3 Å². The molecule has 1 aromatic carbocycles. The van der Waals surface area contributed by atoms with Gasteiger partial charge in [0.1, 0.15) is 6.29 Å². The van der Waals surface area contributed by atoms with E-state index in [1.54, 1.807) is 0 Å². The Morgan fingerprint density at radius 3 is 2.55 bits per heavy atom. The molecule has 0 spiro atoms. The first kappa shape index (κ1) is 16.5. The van der Waals surface area contributed by atoms with Crippen molar-refractivity contribution in [2.75, 3.05) is 24.6 Å². The number of carbonyl (C=O) groups is 2. The molecule has 0 bridgehead atoms. The third-order valence-electron chi connectivity index (χ3n) is 4.24. The zero-order valence-electron chi connectivity index (χ0n) is 13.3. The van der Waals surface area contributed by atoms with Crippen LogP contribution in [-0.2, 0) is 9.53 Å². The van der Waals surface area contributed by atoms with Gasteiger partial charge in [0.15, 0.2) is 0 Å². The molecule has 2 rings (SSSR count). The molecule has 0 aromatic heterocycles. The maximum absolute atomic E-state index is 11.9. The molecule has 1 heterocycles. The summed E-state index contributed by atoms with van der Waals surface area (Å²) in [5, 5.41) is 0. The molecule has 1 aliphatic rings. The Balaban J connectivity index is 1.86. The normalized spacial score (nSPS) is 15.6. The van der Waals surface area contributed by atoms with Gasteiger partial charge in [-0.15, -0.1) is 0 Å². The molecular weight excluding hydrogens is 278 g/mol. The fraction of sp³-hybridized carbons (Fsp3) is 0.556. The van der Waals surface area contributed by atoms with Crippen LogP contribution >= 0.6 is 0 Å². The number of esters is 1. The van der Waals surface area contributed by atoms with E-state index in [-0.39, 0.29) is 5.97 Å². The second kappa shape index (κ2) is 8.57. The summed E-state index contributed by atoms with van der Waals surface area (Å²) in [7, 11) is 0. The molecule has 0 radical (unpaired) electrons. The Morgan fingerprint density at radius 1 is 1.27 bits per heavy atom. The predicted molar refractivity (Wildman–Crippen MR) is 87.3 cm³/mol. The highest BCUT2D eigenvalue weighted by molar-refractivity contribution is 5.89. The molecule has 1 saturated heterocycles. The van der Waals surface area contributed by atoms with Crippen LogP contribution in [0.1, 0.15) is 49.4 Å². The van der Waals surface area contributed by atoms with Gasteiger partial charge in [-0.25, -0.2) is 4.79 Å². The number of hydrogen-bond donors (Lipinski definition) is 0. The number of aldehydes is 1. The van der Waals surface area contributed by atoms with E-state index >= 15 is 0 Å². The highest BCUT2D eigenvalue weighted by atomic mass is 16.5. The Bertz CT molecular complexity index is 476. The predicted octanol–water partition coefficient (Wildman–Crippen LogP) is 3.45. The smallest absolute Gasteiger partial charge is 0.338 e. The van der Waals surface area contributed by atoms with Crippen LogP contribution in [0.5, 0.6) is 0 Å². The van der Waals surface area contributed by atoms with Crippen molar-refractivity contribution in [3.05, 3.63) is 29.8 Å². The minimum Gasteiger partial charge on any atom is -0.462 e. The summed E-state index contributed by atoms with van der Waals surface area (Å²) in [6, 6.07) is 7.63. The zero-order valence-corrected chi connectivity index (χ0v) is 13.3. The van der Waals surface area contributed by atoms with Crippen molar-refractivity contribution in [3.63, 3.8) is 0 Å². The van der Waals surface area contributed by atoms with Crippen molar-refractivity contribution in [2.24, 2.45) is 5.92 Å². The van der Waals surface area contributed by atoms with Gasteiger partial charge in [0.2, 0.25) is 0 Å². The van der Waals surface area contributed by atoms with Gasteiger partial charge in [0.25, 0.3) is 0 Å². The van der Waals surface area contributed by atoms with E-state index in [2.05, 4.69) is 11.8 Å². The van der Waals surface area contributed by atoms with Crippen LogP contribution in [-0.4, -0.2) is 32.0 Å². The van der Waals surface area contributed by atoms with Crippen LogP contribution in [0.4, 0.5) is 5.69 Å². The van der Waals surface area contributed by atoms with Gasteiger partial charge in [0, 0.05) is 25.2 Å². The summed E-state index contributed by atoms with van der Waals surface area (Å²) < 4.78 is 5.21. The molecule has 22 heavy (non-hydrogen) atoms. The first-order valence-corrected chi connectivity index (χ1v) is 8.20. The standard InChI is InChI=1S/C18H25NO3/c1-2-3-14-22-18(21)16-4-6-17(7-5-16)19-11-8-15(9-12-19)10-13-20/h4-7,13,15H,2-3,8-12,14H2,1H3. The van der Waals surface area contributed by atoms with Crippen LogP contribution in [0.25, 0.3) is 0 Å². The lowest BCUT2D eigenvalue weighted by molar-refractivity contribution is -0.108. The van der Waals surface area contributed by atoms with Gasteiger partial charge in [-0.1, -0.05) is 13.3 Å². The first-order chi connectivity index (χ1) is 10.7. The fourth-order valence-corrected chi connectivity index (χ4v) is 2.76. The minimum atomic E-state index is -0.246. The molecule has 0 aliphatic carbocycles. The van der Waals surface area contributed by atoms with E-state index in [0.29, 0.717) is 24.5 Å². The summed E-state index contributed by atoms with van der Waals surface area (Å²) in [5.41, 5.74) is 1.74. The molecular formula is C18H25NO3. The number of piperidine rings is 1. The number of unbranched alkanes of at least 4 members (excludes halogenated alkanes) is 1. The van der Waals surface area contributed by atoms with Gasteiger partial charge in [-0.05, 0) is 49.4 Å². The van der Waals surface area contributed by atoms with Crippen LogP contribution in [0.2, 0.25) is 0 Å². The van der Waals surface area contributed by atoms with E-state index in [0.717, 1.165) is 50.7 Å². The average molecular weight is 303 g/mol. The lowest BCUT2D eigenvalue weighted by atomic mass is 9.94. The number of rotatable bonds is 7. The number of nitrogens with zero attached hydrogens (tertiary/aromatic N) is 1. The maximum Gasteiger partial charge on any atom is 0.338 e. The summed E-state index contributed by atoms with van der Waals surface area (Å²) in [4.78, 5) is 24.7. The molecule has 1 fully saturated rings. The molecule has 0 unspecified atom stereocenters. The van der Waals surface area contributed by atoms with Crippen LogP contribution in [0.3, 0.4) is 0 Å². The van der Waals surface area contributed by atoms with Gasteiger partial charge in [-0.2, -0.15) is 0 Å². The molecule has 0 N–H and O–H groups in total. The lowest BCUT2D eigenvalue weighted by Crippen LogP contribution is -2.33. The fourth-order valence-electron chi connectivity index (χ4n) is 2.76. The molecule has 1 aliphatic heterocycles. The number of benzene rings is 1. The summed E-state index contributed by atoms with van der Waals surface area (Å²) in [5.74, 6) is 0.284. The second-order valence-electron chi connectivity index (χ2n) is 5.87. The number of ether oxygens (including phenoxy) is 1. The summed E-state index contributed by atoms with van der Waals surface area (Å²) >= 11 is 0. The van der Waals surface area contributed by atoms with E-state index < -0.39 is 0 Å². The van der Waals surface area contributed by atoms with E-state index in [1.165, 1.54) is 0 Å². The van der Waals surface area contributed by atoms with Crippen molar-refractivity contribution in [3.8, 4) is 0 Å². The first-order valence-electron chi connectivity index (χ1n) is 8.20. The topological polar surface area (TPSA) is 46.6 Å². The van der Waals surface area contributed by atoms with Crippen LogP contribution < -0.4 is 4.90 Å². The molecule has 0 atom stereocenters. The Morgan fingerprint density at radius 2 is 1.95 bits per heavy atom. The number of carbonyl (C=O) groups excluding carboxylic acids is 2. The van der Waals surface area contributed by atoms with Gasteiger partial charge >= 0.3 is 5.97 Å². The van der Waals surface area contributed by atoms with Gasteiger partial charge < -0.3 is 14.4 Å². The average Bonchev–Trinajstić information content (AvgIpc) is 2.56. The Labute approximate surface area is 132 Å². The summed E-state index contributed by atoms with van der Waals surface area (Å²) in [6.07, 6.45) is 5.74. The van der Waals surface area contributed by atoms with E-state index in [4.69, 9.17) is 4.74 Å². The largest absolute Gasteiger partial charge is 0.462 e. The number of anilines is 1. The van der Waals surface area contributed by atoms with E-state index in [1.807, 2.05) is 24.3 Å². The highest BCUT2D eigenvalue weighted by Crippen LogP contribution is 2.25. The molecule has 120 valence electrons.